The molecule has 0 aliphatic heterocycles. The highest BCUT2D eigenvalue weighted by Crippen LogP contribution is 2.43. The van der Waals surface area contributed by atoms with Crippen molar-refractivity contribution in [3.05, 3.63) is 121 Å². The molecule has 0 saturated carbocycles. The highest BCUT2D eigenvalue weighted by atomic mass is 32.1. The highest BCUT2D eigenvalue weighted by molar-refractivity contribution is 7.25. The molecule has 0 nitrogen and oxygen atoms in total. The van der Waals surface area contributed by atoms with Crippen LogP contribution < -0.4 is 0 Å². The Morgan fingerprint density at radius 3 is 1.80 bits per heavy atom. The van der Waals surface area contributed by atoms with E-state index < -0.39 is 0 Å². The average molecular weight is 469 g/mol. The van der Waals surface area contributed by atoms with Crippen molar-refractivity contribution >= 4 is 31.5 Å². The number of thiophene rings is 1. The van der Waals surface area contributed by atoms with Gasteiger partial charge in [-0.3, -0.25) is 0 Å². The van der Waals surface area contributed by atoms with Crippen molar-refractivity contribution < 1.29 is 0 Å². The molecule has 0 aliphatic carbocycles. The van der Waals surface area contributed by atoms with Crippen LogP contribution in [-0.2, 0) is 5.41 Å². The quantitative estimate of drug-likeness (QED) is 0.242. The fraction of sp³-hybridized carbons (Fsp3) is 0.118. The van der Waals surface area contributed by atoms with Crippen molar-refractivity contribution in [2.24, 2.45) is 0 Å². The molecule has 0 fully saturated rings. The minimum absolute atomic E-state index is 0.0388. The van der Waals surface area contributed by atoms with Crippen LogP contribution in [0.25, 0.3) is 53.6 Å². The zero-order chi connectivity index (χ0) is 24.0. The van der Waals surface area contributed by atoms with Crippen LogP contribution in [0.3, 0.4) is 0 Å². The van der Waals surface area contributed by atoms with Crippen molar-refractivity contribution in [3.8, 4) is 33.4 Å². The lowest BCUT2D eigenvalue weighted by atomic mass is 9.82. The van der Waals surface area contributed by atoms with Gasteiger partial charge in [-0.15, -0.1) is 11.3 Å². The summed E-state index contributed by atoms with van der Waals surface area (Å²) < 4.78 is 2.69. The number of hydrogen-bond acceptors (Lipinski definition) is 1. The third kappa shape index (κ3) is 3.96. The van der Waals surface area contributed by atoms with Gasteiger partial charge in [0.25, 0.3) is 0 Å². The van der Waals surface area contributed by atoms with Crippen molar-refractivity contribution in [1.82, 2.24) is 0 Å². The second-order valence-corrected chi connectivity index (χ2v) is 11.3. The van der Waals surface area contributed by atoms with Gasteiger partial charge in [0.2, 0.25) is 0 Å². The topological polar surface area (TPSA) is 0 Å². The molecule has 6 rings (SSSR count). The van der Waals surface area contributed by atoms with Gasteiger partial charge in [-0.05, 0) is 62.6 Å². The van der Waals surface area contributed by atoms with Crippen LogP contribution in [0.2, 0.25) is 0 Å². The SMILES string of the molecule is CC(C)(C)c1cc(-c2ccccc2-c2ccccc2)cc(-c2cccc3sc4ccccc4c23)c1. The van der Waals surface area contributed by atoms with Gasteiger partial charge in [0.1, 0.15) is 0 Å². The molecule has 170 valence electrons. The minimum Gasteiger partial charge on any atom is -0.135 e. The van der Waals surface area contributed by atoms with Crippen LogP contribution in [0.5, 0.6) is 0 Å². The Morgan fingerprint density at radius 2 is 1.06 bits per heavy atom. The Hall–Kier alpha value is -3.68. The molecule has 1 aromatic heterocycles. The fourth-order valence-corrected chi connectivity index (χ4v) is 6.12. The van der Waals surface area contributed by atoms with Gasteiger partial charge >= 0.3 is 0 Å². The maximum Gasteiger partial charge on any atom is 0.0361 e. The smallest absolute Gasteiger partial charge is 0.0361 e. The first kappa shape index (κ1) is 21.8. The lowest BCUT2D eigenvalue weighted by Gasteiger charge is -2.22. The van der Waals surface area contributed by atoms with E-state index in [2.05, 4.69) is 136 Å². The van der Waals surface area contributed by atoms with Gasteiger partial charge in [0.15, 0.2) is 0 Å². The van der Waals surface area contributed by atoms with Gasteiger partial charge in [-0.2, -0.15) is 0 Å². The number of fused-ring (bicyclic) bond motifs is 3. The van der Waals surface area contributed by atoms with Crippen LogP contribution >= 0.6 is 11.3 Å². The van der Waals surface area contributed by atoms with E-state index in [4.69, 9.17) is 0 Å². The molecule has 0 atom stereocenters. The second kappa shape index (κ2) is 8.52. The van der Waals surface area contributed by atoms with Crippen LogP contribution in [0.1, 0.15) is 26.3 Å². The van der Waals surface area contributed by atoms with E-state index in [1.54, 1.807) is 0 Å². The fourth-order valence-electron chi connectivity index (χ4n) is 4.99. The molecule has 0 unspecified atom stereocenters. The Kier molecular flexibility index (Phi) is 5.31. The zero-order valence-corrected chi connectivity index (χ0v) is 21.2. The van der Waals surface area contributed by atoms with E-state index >= 15 is 0 Å². The second-order valence-electron chi connectivity index (χ2n) is 10.2. The van der Waals surface area contributed by atoms with Gasteiger partial charge in [0, 0.05) is 20.2 Å². The van der Waals surface area contributed by atoms with E-state index in [-0.39, 0.29) is 5.41 Å². The third-order valence-electron chi connectivity index (χ3n) is 6.84. The molecule has 0 amide bonds. The van der Waals surface area contributed by atoms with E-state index in [0.29, 0.717) is 0 Å². The molecule has 35 heavy (non-hydrogen) atoms. The Balaban J connectivity index is 1.64. The molecule has 1 heteroatoms. The minimum atomic E-state index is 0.0388. The molecule has 0 N–H and O–H groups in total. The summed E-state index contributed by atoms with van der Waals surface area (Å²) in [6, 6.07) is 42.2. The molecule has 0 saturated heterocycles. The molecule has 0 bridgehead atoms. The van der Waals surface area contributed by atoms with Gasteiger partial charge in [0.05, 0.1) is 0 Å². The molecule has 5 aromatic carbocycles. The normalized spacial score (nSPS) is 11.9. The standard InChI is InChI=1S/C34H28S/c1-34(2,3)26-21-24(28-15-8-7-14-27(28)23-12-5-4-6-13-23)20-25(22-26)29-17-11-19-32-33(29)30-16-9-10-18-31(30)35-32/h4-22H,1-3H3. The van der Waals surface area contributed by atoms with E-state index in [1.807, 2.05) is 11.3 Å². The molecular weight excluding hydrogens is 440 g/mol. The lowest BCUT2D eigenvalue weighted by Crippen LogP contribution is -2.11. The van der Waals surface area contributed by atoms with Crippen molar-refractivity contribution in [2.45, 2.75) is 26.2 Å². The molecule has 1 heterocycles. The van der Waals surface area contributed by atoms with Crippen LogP contribution in [0.4, 0.5) is 0 Å². The first-order valence-electron chi connectivity index (χ1n) is 12.2. The maximum atomic E-state index is 2.40. The number of hydrogen-bond donors (Lipinski definition) is 0. The van der Waals surface area contributed by atoms with Crippen molar-refractivity contribution in [3.63, 3.8) is 0 Å². The summed E-state index contributed by atoms with van der Waals surface area (Å²) in [5.41, 5.74) is 9.04. The van der Waals surface area contributed by atoms with Gasteiger partial charge in [-0.25, -0.2) is 0 Å². The third-order valence-corrected chi connectivity index (χ3v) is 7.97. The Bertz CT molecular complexity index is 1660. The largest absolute Gasteiger partial charge is 0.135 e. The number of benzene rings is 5. The van der Waals surface area contributed by atoms with Crippen LogP contribution in [0.15, 0.2) is 115 Å². The van der Waals surface area contributed by atoms with Gasteiger partial charge in [-0.1, -0.05) is 118 Å². The summed E-state index contributed by atoms with van der Waals surface area (Å²) in [4.78, 5) is 0. The van der Waals surface area contributed by atoms with Crippen LogP contribution in [0, 0.1) is 0 Å². The van der Waals surface area contributed by atoms with E-state index in [1.165, 1.54) is 59.1 Å². The number of rotatable bonds is 3. The average Bonchev–Trinajstić information content (AvgIpc) is 3.27. The van der Waals surface area contributed by atoms with E-state index in [9.17, 15) is 0 Å². The monoisotopic (exact) mass is 468 g/mol. The highest BCUT2D eigenvalue weighted by Gasteiger charge is 2.19. The molecule has 0 radical (unpaired) electrons. The summed E-state index contributed by atoms with van der Waals surface area (Å²) >= 11 is 1.88. The lowest BCUT2D eigenvalue weighted by molar-refractivity contribution is 0.591. The summed E-state index contributed by atoms with van der Waals surface area (Å²) in [5, 5.41) is 2.71. The van der Waals surface area contributed by atoms with Crippen molar-refractivity contribution in [2.75, 3.05) is 0 Å². The first-order valence-corrected chi connectivity index (χ1v) is 13.0. The summed E-state index contributed by atoms with van der Waals surface area (Å²) in [5.74, 6) is 0. The molecule has 6 aromatic rings. The first-order chi connectivity index (χ1) is 17.0. The van der Waals surface area contributed by atoms with Gasteiger partial charge < -0.3 is 0 Å². The maximum absolute atomic E-state index is 2.40. The Labute approximate surface area is 211 Å². The Morgan fingerprint density at radius 1 is 0.486 bits per heavy atom. The van der Waals surface area contributed by atoms with Crippen LogP contribution in [-0.4, -0.2) is 0 Å². The summed E-state index contributed by atoms with van der Waals surface area (Å²) in [6.45, 7) is 6.92. The predicted octanol–water partition coefficient (Wildman–Crippen LogP) is 10.4. The molecule has 0 spiro atoms. The predicted molar refractivity (Wildman–Crippen MR) is 154 cm³/mol. The molecular formula is C34H28S. The summed E-state index contributed by atoms with van der Waals surface area (Å²) in [6.07, 6.45) is 0. The van der Waals surface area contributed by atoms with Crippen molar-refractivity contribution in [1.29, 1.82) is 0 Å². The molecule has 0 aliphatic rings. The zero-order valence-electron chi connectivity index (χ0n) is 20.4. The van der Waals surface area contributed by atoms with E-state index in [0.717, 1.165) is 0 Å². The summed E-state index contributed by atoms with van der Waals surface area (Å²) in [7, 11) is 0.